The first-order valence-corrected chi connectivity index (χ1v) is 6.13. The van der Waals surface area contributed by atoms with Gasteiger partial charge in [-0.3, -0.25) is 0 Å². The second kappa shape index (κ2) is 5.69. The molecule has 0 radical (unpaired) electrons. The van der Waals surface area contributed by atoms with Crippen molar-refractivity contribution in [1.29, 1.82) is 0 Å². The average molecular weight is 293 g/mol. The highest BCUT2D eigenvalue weighted by Crippen LogP contribution is 2.35. The topological polar surface area (TPSA) is 35.2 Å². The van der Waals surface area contributed by atoms with Crippen LogP contribution in [-0.4, -0.2) is 13.2 Å². The molecule has 2 unspecified atom stereocenters. The van der Waals surface area contributed by atoms with Crippen molar-refractivity contribution in [3.05, 3.63) is 35.1 Å². The number of benzene rings is 1. The summed E-state index contributed by atoms with van der Waals surface area (Å²) >= 11 is 0. The molecule has 1 aromatic rings. The first-order chi connectivity index (χ1) is 8.98. The molecule has 0 aliphatic rings. The number of halogens is 4. The van der Waals surface area contributed by atoms with E-state index in [-0.39, 0.29) is 11.0 Å². The normalized spacial score (nSPS) is 16.1. The van der Waals surface area contributed by atoms with Crippen LogP contribution in [0, 0.1) is 11.2 Å². The van der Waals surface area contributed by atoms with Crippen molar-refractivity contribution >= 4 is 0 Å². The molecule has 114 valence electrons. The van der Waals surface area contributed by atoms with Gasteiger partial charge in [0.2, 0.25) is 0 Å². The third-order valence-corrected chi connectivity index (χ3v) is 3.12. The molecule has 0 spiro atoms. The minimum Gasteiger partial charge on any atom is -0.379 e. The Morgan fingerprint density at radius 3 is 2.05 bits per heavy atom. The molecule has 0 heterocycles. The summed E-state index contributed by atoms with van der Waals surface area (Å²) in [6.45, 7) is 5.67. The van der Waals surface area contributed by atoms with Crippen LogP contribution in [0.3, 0.4) is 0 Å². The lowest BCUT2D eigenvalue weighted by atomic mass is 9.82. The molecule has 0 aliphatic heterocycles. The second-order valence-electron chi connectivity index (χ2n) is 5.79. The van der Waals surface area contributed by atoms with Gasteiger partial charge in [-0.05, 0) is 23.1 Å². The molecule has 2 nitrogen and oxygen atoms in total. The van der Waals surface area contributed by atoms with Crippen molar-refractivity contribution in [3.63, 3.8) is 0 Å². The van der Waals surface area contributed by atoms with E-state index in [1.54, 1.807) is 0 Å². The number of methoxy groups -OCH3 is 1. The number of hydrogen-bond acceptors (Lipinski definition) is 2. The Balaban J connectivity index is 3.13. The highest BCUT2D eigenvalue weighted by atomic mass is 19.4. The van der Waals surface area contributed by atoms with Gasteiger partial charge in [-0.2, -0.15) is 13.2 Å². The van der Waals surface area contributed by atoms with Gasteiger partial charge < -0.3 is 10.5 Å². The van der Waals surface area contributed by atoms with E-state index in [0.717, 1.165) is 6.07 Å². The first kappa shape index (κ1) is 16.9. The van der Waals surface area contributed by atoms with Gasteiger partial charge in [0.05, 0.1) is 17.7 Å². The van der Waals surface area contributed by atoms with E-state index in [9.17, 15) is 17.6 Å². The predicted octanol–water partition coefficient (Wildman–Crippen LogP) is 3.91. The van der Waals surface area contributed by atoms with E-state index in [0.29, 0.717) is 6.07 Å². The van der Waals surface area contributed by atoms with Gasteiger partial charge >= 0.3 is 6.18 Å². The minimum atomic E-state index is -4.71. The fourth-order valence-corrected chi connectivity index (χ4v) is 2.18. The monoisotopic (exact) mass is 293 g/mol. The van der Waals surface area contributed by atoms with Crippen LogP contribution in [0.15, 0.2) is 18.2 Å². The van der Waals surface area contributed by atoms with Crippen molar-refractivity contribution in [2.24, 2.45) is 11.1 Å². The maximum Gasteiger partial charge on any atom is 0.419 e. The number of rotatable bonds is 3. The molecule has 0 saturated heterocycles. The summed E-state index contributed by atoms with van der Waals surface area (Å²) < 4.78 is 56.4. The molecule has 2 N–H and O–H groups in total. The van der Waals surface area contributed by atoms with E-state index in [1.807, 2.05) is 20.8 Å². The smallest absolute Gasteiger partial charge is 0.379 e. The Morgan fingerprint density at radius 2 is 1.70 bits per heavy atom. The van der Waals surface area contributed by atoms with Gasteiger partial charge in [-0.15, -0.1) is 0 Å². The van der Waals surface area contributed by atoms with Gasteiger partial charge in [0.25, 0.3) is 0 Å². The quantitative estimate of drug-likeness (QED) is 0.858. The largest absolute Gasteiger partial charge is 0.419 e. The van der Waals surface area contributed by atoms with Gasteiger partial charge in [-0.25, -0.2) is 4.39 Å². The summed E-state index contributed by atoms with van der Waals surface area (Å²) in [5, 5.41) is 0. The molecule has 2 atom stereocenters. The molecule has 1 aromatic carbocycles. The van der Waals surface area contributed by atoms with Crippen molar-refractivity contribution in [2.75, 3.05) is 7.11 Å². The average Bonchev–Trinajstić information content (AvgIpc) is 2.25. The molecule has 20 heavy (non-hydrogen) atoms. The third-order valence-electron chi connectivity index (χ3n) is 3.12. The number of hydrogen-bond donors (Lipinski definition) is 1. The minimum absolute atomic E-state index is 0.275. The highest BCUT2D eigenvalue weighted by molar-refractivity contribution is 5.29. The Hall–Kier alpha value is -1.14. The zero-order chi connectivity index (χ0) is 15.7. The Morgan fingerprint density at radius 1 is 1.15 bits per heavy atom. The van der Waals surface area contributed by atoms with E-state index in [2.05, 4.69) is 0 Å². The Labute approximate surface area is 115 Å². The van der Waals surface area contributed by atoms with E-state index in [4.69, 9.17) is 10.5 Å². The first-order valence-electron chi connectivity index (χ1n) is 6.13. The molecule has 0 fully saturated rings. The van der Waals surface area contributed by atoms with Gasteiger partial charge in [0.15, 0.2) is 0 Å². The lowest BCUT2D eigenvalue weighted by molar-refractivity contribution is -0.140. The Bertz CT molecular complexity index is 465. The molecule has 0 saturated carbocycles. The zero-order valence-electron chi connectivity index (χ0n) is 11.9. The van der Waals surface area contributed by atoms with Crippen LogP contribution in [0.5, 0.6) is 0 Å². The third kappa shape index (κ3) is 3.70. The maximum atomic E-state index is 13.6. The van der Waals surface area contributed by atoms with Crippen molar-refractivity contribution in [3.8, 4) is 0 Å². The van der Waals surface area contributed by atoms with Crippen molar-refractivity contribution in [2.45, 2.75) is 39.1 Å². The number of alkyl halides is 3. The lowest BCUT2D eigenvalue weighted by Gasteiger charge is -2.34. The van der Waals surface area contributed by atoms with Gasteiger partial charge in [0.1, 0.15) is 5.82 Å². The van der Waals surface area contributed by atoms with Crippen LogP contribution in [0.2, 0.25) is 0 Å². The Kier molecular flexibility index (Phi) is 4.82. The highest BCUT2D eigenvalue weighted by Gasteiger charge is 2.36. The van der Waals surface area contributed by atoms with Crippen LogP contribution in [0.25, 0.3) is 0 Å². The molecule has 0 bridgehead atoms. The summed E-state index contributed by atoms with van der Waals surface area (Å²) in [4.78, 5) is 0. The molecule has 0 amide bonds. The van der Waals surface area contributed by atoms with E-state index in [1.165, 1.54) is 13.2 Å². The zero-order valence-corrected chi connectivity index (χ0v) is 11.9. The fourth-order valence-electron chi connectivity index (χ4n) is 2.18. The molecule has 1 rings (SSSR count). The van der Waals surface area contributed by atoms with Gasteiger partial charge in [-0.1, -0.05) is 26.8 Å². The number of ether oxygens (including phenoxy) is 1. The summed E-state index contributed by atoms with van der Waals surface area (Å²) in [6.07, 6.45) is -5.16. The fraction of sp³-hybridized carbons (Fsp3) is 0.571. The molecule has 0 aromatic heterocycles. The van der Waals surface area contributed by atoms with Crippen LogP contribution in [0.4, 0.5) is 17.6 Å². The standard InChI is InChI=1S/C14H19F4NO/c1-13(2,3)12(20-4)11(19)8-5-6-9(10(15)7-8)14(16,17)18/h5-7,11-12H,19H2,1-4H3. The summed E-state index contributed by atoms with van der Waals surface area (Å²) in [5.41, 5.74) is 4.65. The van der Waals surface area contributed by atoms with Crippen LogP contribution < -0.4 is 5.73 Å². The number of nitrogens with two attached hydrogens (primary N) is 1. The van der Waals surface area contributed by atoms with Crippen LogP contribution in [0.1, 0.15) is 37.9 Å². The van der Waals surface area contributed by atoms with Crippen molar-refractivity contribution in [1.82, 2.24) is 0 Å². The summed E-state index contributed by atoms with van der Waals surface area (Å²) in [7, 11) is 1.47. The lowest BCUT2D eigenvalue weighted by Crippen LogP contribution is -2.38. The second-order valence-corrected chi connectivity index (χ2v) is 5.79. The van der Waals surface area contributed by atoms with E-state index < -0.39 is 29.7 Å². The predicted molar refractivity (Wildman–Crippen MR) is 68.6 cm³/mol. The molecule has 6 heteroatoms. The summed E-state index contributed by atoms with van der Waals surface area (Å²) in [5.74, 6) is -1.32. The summed E-state index contributed by atoms with van der Waals surface area (Å²) in [6, 6.07) is 2.01. The van der Waals surface area contributed by atoms with Gasteiger partial charge in [0, 0.05) is 7.11 Å². The SMILES string of the molecule is COC(C(N)c1ccc(C(F)(F)F)c(F)c1)C(C)(C)C. The van der Waals surface area contributed by atoms with Crippen molar-refractivity contribution < 1.29 is 22.3 Å². The van der Waals surface area contributed by atoms with Crippen LogP contribution in [-0.2, 0) is 10.9 Å². The van der Waals surface area contributed by atoms with E-state index >= 15 is 0 Å². The molecular weight excluding hydrogens is 274 g/mol. The maximum absolute atomic E-state index is 13.6. The molecule has 0 aliphatic carbocycles. The molecular formula is C14H19F4NO. The van der Waals surface area contributed by atoms with Crippen LogP contribution >= 0.6 is 0 Å².